The minimum atomic E-state index is -0.624. The molecule has 9 heteroatoms. The third kappa shape index (κ3) is 3.35. The predicted molar refractivity (Wildman–Crippen MR) is 140 cm³/mol. The number of amides is 1. The lowest BCUT2D eigenvalue weighted by Gasteiger charge is -2.48. The van der Waals surface area contributed by atoms with Crippen LogP contribution in [0.15, 0.2) is 55.3 Å². The van der Waals surface area contributed by atoms with Gasteiger partial charge in [-0.1, -0.05) is 48.5 Å². The fourth-order valence-electron chi connectivity index (χ4n) is 5.65. The number of carbonyl (C=O) groups is 1. The quantitative estimate of drug-likeness (QED) is 0.353. The van der Waals surface area contributed by atoms with Crippen molar-refractivity contribution < 1.29 is 13.9 Å². The predicted octanol–water partition coefficient (Wildman–Crippen LogP) is 5.10. The summed E-state index contributed by atoms with van der Waals surface area (Å²) in [5.41, 5.74) is 1.45. The topological polar surface area (TPSA) is 82.4 Å². The molecule has 4 aromatic rings. The van der Waals surface area contributed by atoms with Gasteiger partial charge in [-0.3, -0.25) is 9.78 Å². The van der Waals surface area contributed by atoms with Gasteiger partial charge in [-0.05, 0) is 23.9 Å². The lowest BCUT2D eigenvalue weighted by atomic mass is 9.93. The smallest absolute Gasteiger partial charge is 0.246 e. The summed E-state index contributed by atoms with van der Waals surface area (Å²) in [6, 6.07) is 13.2. The molecule has 0 N–H and O–H groups in total. The summed E-state index contributed by atoms with van der Waals surface area (Å²) in [5, 5.41) is 12.5. The van der Waals surface area contributed by atoms with Crippen LogP contribution >= 0.6 is 11.6 Å². The van der Waals surface area contributed by atoms with Gasteiger partial charge in [0.25, 0.3) is 0 Å². The number of rotatable bonds is 4. The molecule has 0 spiro atoms. The van der Waals surface area contributed by atoms with Crippen LogP contribution in [0.5, 0.6) is 5.88 Å². The second-order valence-electron chi connectivity index (χ2n) is 9.09. The van der Waals surface area contributed by atoms with Crippen LogP contribution in [0.4, 0.5) is 10.1 Å². The molecular weight excluding hydrogens is 493 g/mol. The van der Waals surface area contributed by atoms with Crippen molar-refractivity contribution in [3.63, 3.8) is 0 Å². The average Bonchev–Trinajstić information content (AvgIpc) is 3.24. The standard InChI is InChI=1S/C28H21ClFN5O2/c1-3-22(36)34-11-10-20-21(34)14-35(20)27-17(12-31)28(37-2)33-26-18(27)13-32-25(24(26)30)16-8-4-6-15-7-5-9-19(29)23(15)16/h3-9,13,20-21H,1,10-11,14H2,2H3/t20-,21-/m1/s1. The molecule has 0 bridgehead atoms. The molecule has 2 atom stereocenters. The Balaban J connectivity index is 1.54. The Morgan fingerprint density at radius 2 is 2.08 bits per heavy atom. The molecule has 7 nitrogen and oxygen atoms in total. The van der Waals surface area contributed by atoms with E-state index in [4.69, 9.17) is 16.3 Å². The van der Waals surface area contributed by atoms with Gasteiger partial charge in [-0.2, -0.15) is 5.26 Å². The summed E-state index contributed by atoms with van der Waals surface area (Å²) in [7, 11) is 1.40. The summed E-state index contributed by atoms with van der Waals surface area (Å²) in [6.45, 7) is 4.69. The number of aromatic nitrogens is 2. The van der Waals surface area contributed by atoms with Crippen LogP contribution in [-0.4, -0.2) is 53.1 Å². The van der Waals surface area contributed by atoms with Crippen molar-refractivity contribution in [1.82, 2.24) is 14.9 Å². The van der Waals surface area contributed by atoms with Crippen molar-refractivity contribution in [2.45, 2.75) is 18.5 Å². The second-order valence-corrected chi connectivity index (χ2v) is 9.50. The van der Waals surface area contributed by atoms with E-state index in [0.29, 0.717) is 40.1 Å². The summed E-state index contributed by atoms with van der Waals surface area (Å²) in [5.74, 6) is -0.700. The van der Waals surface area contributed by atoms with Crippen LogP contribution in [0.25, 0.3) is 32.9 Å². The van der Waals surface area contributed by atoms with Crippen molar-refractivity contribution in [3.05, 3.63) is 71.7 Å². The maximum Gasteiger partial charge on any atom is 0.246 e. The Morgan fingerprint density at radius 3 is 2.81 bits per heavy atom. The van der Waals surface area contributed by atoms with Gasteiger partial charge in [-0.25, -0.2) is 9.37 Å². The minimum Gasteiger partial charge on any atom is -0.480 e. The van der Waals surface area contributed by atoms with E-state index in [0.717, 1.165) is 11.8 Å². The number of benzene rings is 2. The van der Waals surface area contributed by atoms with Gasteiger partial charge in [0, 0.05) is 40.6 Å². The van der Waals surface area contributed by atoms with E-state index in [1.165, 1.54) is 13.2 Å². The number of nitriles is 1. The van der Waals surface area contributed by atoms with Crippen molar-refractivity contribution in [3.8, 4) is 23.2 Å². The maximum absolute atomic E-state index is 16.2. The van der Waals surface area contributed by atoms with E-state index >= 15 is 4.39 Å². The van der Waals surface area contributed by atoms with Crippen LogP contribution < -0.4 is 9.64 Å². The van der Waals surface area contributed by atoms with Crippen molar-refractivity contribution in [2.24, 2.45) is 0 Å². The number of hydrogen-bond donors (Lipinski definition) is 0. The molecule has 0 saturated carbocycles. The number of likely N-dealkylation sites (tertiary alicyclic amines) is 1. The highest BCUT2D eigenvalue weighted by atomic mass is 35.5. The number of anilines is 1. The van der Waals surface area contributed by atoms with E-state index in [-0.39, 0.29) is 40.6 Å². The van der Waals surface area contributed by atoms with Crippen LogP contribution in [-0.2, 0) is 4.79 Å². The third-order valence-electron chi connectivity index (χ3n) is 7.37. The van der Waals surface area contributed by atoms with Crippen LogP contribution in [0.2, 0.25) is 5.02 Å². The van der Waals surface area contributed by atoms with E-state index in [2.05, 4.69) is 22.6 Å². The highest BCUT2D eigenvalue weighted by Crippen LogP contribution is 2.45. The molecule has 6 rings (SSSR count). The molecule has 4 heterocycles. The van der Waals surface area contributed by atoms with E-state index < -0.39 is 5.82 Å². The first-order valence-corrected chi connectivity index (χ1v) is 12.2. The van der Waals surface area contributed by atoms with Gasteiger partial charge in [0.05, 0.1) is 24.9 Å². The molecule has 2 aromatic heterocycles. The molecule has 2 aliphatic rings. The Kier molecular flexibility index (Phi) is 5.46. The van der Waals surface area contributed by atoms with E-state index in [1.54, 1.807) is 23.2 Å². The molecule has 0 radical (unpaired) electrons. The Morgan fingerprint density at radius 1 is 1.30 bits per heavy atom. The SMILES string of the molecule is C=CC(=O)N1CC[C@@H]2[C@H]1CN2c1c(C#N)c(OC)nc2c(F)c(-c3cccc4cccc(Cl)c34)ncc12. The summed E-state index contributed by atoms with van der Waals surface area (Å²) >= 11 is 6.50. The molecule has 0 unspecified atom stereocenters. The molecule has 2 fully saturated rings. The second kappa shape index (κ2) is 8.71. The number of pyridine rings is 2. The number of hydrogen-bond acceptors (Lipinski definition) is 6. The van der Waals surface area contributed by atoms with E-state index in [9.17, 15) is 10.1 Å². The van der Waals surface area contributed by atoms with E-state index in [1.807, 2.05) is 29.2 Å². The number of fused-ring (bicyclic) bond motifs is 3. The molecule has 0 aliphatic carbocycles. The van der Waals surface area contributed by atoms with Crippen LogP contribution in [0.1, 0.15) is 12.0 Å². The van der Waals surface area contributed by atoms with Gasteiger partial charge >= 0.3 is 0 Å². The minimum absolute atomic E-state index is 0.00107. The molecule has 2 saturated heterocycles. The lowest BCUT2D eigenvalue weighted by molar-refractivity contribution is -0.127. The Hall–Kier alpha value is -4.22. The molecule has 2 aliphatic heterocycles. The zero-order chi connectivity index (χ0) is 25.8. The number of methoxy groups -OCH3 is 1. The number of carbonyl (C=O) groups excluding carboxylic acids is 1. The van der Waals surface area contributed by atoms with Crippen LogP contribution in [0, 0.1) is 17.1 Å². The first-order chi connectivity index (χ1) is 18.0. The Labute approximate surface area is 217 Å². The Bertz CT molecular complexity index is 1660. The first-order valence-electron chi connectivity index (χ1n) is 11.8. The van der Waals surface area contributed by atoms with Gasteiger partial charge < -0.3 is 14.5 Å². The number of ether oxygens (including phenoxy) is 1. The summed E-state index contributed by atoms with van der Waals surface area (Å²) < 4.78 is 21.7. The fourth-order valence-corrected chi connectivity index (χ4v) is 5.93. The maximum atomic E-state index is 16.2. The molecule has 184 valence electrons. The van der Waals surface area contributed by atoms with Crippen LogP contribution in [0.3, 0.4) is 0 Å². The monoisotopic (exact) mass is 513 g/mol. The largest absolute Gasteiger partial charge is 0.480 e. The van der Waals surface area contributed by atoms with Gasteiger partial charge in [0.2, 0.25) is 11.8 Å². The third-order valence-corrected chi connectivity index (χ3v) is 7.68. The first kappa shape index (κ1) is 23.2. The van der Waals surface area contributed by atoms with Gasteiger partial charge in [0.15, 0.2) is 5.82 Å². The number of halogens is 2. The van der Waals surface area contributed by atoms with Crippen molar-refractivity contribution in [1.29, 1.82) is 5.26 Å². The highest BCUT2D eigenvalue weighted by Gasteiger charge is 2.49. The number of nitrogens with zero attached hydrogens (tertiary/aromatic N) is 5. The molecule has 2 aromatic carbocycles. The highest BCUT2D eigenvalue weighted by molar-refractivity contribution is 6.36. The van der Waals surface area contributed by atoms with Crippen molar-refractivity contribution in [2.75, 3.05) is 25.1 Å². The fraction of sp³-hybridized carbons (Fsp3) is 0.214. The zero-order valence-corrected chi connectivity index (χ0v) is 20.7. The molecular formula is C28H21ClFN5O2. The lowest BCUT2D eigenvalue weighted by Crippen LogP contribution is -2.63. The van der Waals surface area contributed by atoms with Gasteiger partial charge in [0.1, 0.15) is 22.8 Å². The zero-order valence-electron chi connectivity index (χ0n) is 19.9. The molecule has 1 amide bonds. The summed E-state index contributed by atoms with van der Waals surface area (Å²) in [6.07, 6.45) is 3.60. The summed E-state index contributed by atoms with van der Waals surface area (Å²) in [4.78, 5) is 25.0. The molecule has 37 heavy (non-hydrogen) atoms. The van der Waals surface area contributed by atoms with Crippen molar-refractivity contribution >= 4 is 44.9 Å². The average molecular weight is 514 g/mol. The normalized spacial score (nSPS) is 18.4. The van der Waals surface area contributed by atoms with Gasteiger partial charge in [-0.15, -0.1) is 0 Å².